The van der Waals surface area contributed by atoms with E-state index in [-0.39, 0.29) is 18.3 Å². The summed E-state index contributed by atoms with van der Waals surface area (Å²) in [5, 5.41) is 10.4. The van der Waals surface area contributed by atoms with Crippen LogP contribution in [0.5, 0.6) is 0 Å². The van der Waals surface area contributed by atoms with E-state index in [0.29, 0.717) is 17.5 Å². The molecule has 0 bridgehead atoms. The summed E-state index contributed by atoms with van der Waals surface area (Å²) in [6.07, 6.45) is 9.97. The largest absolute Gasteiger partial charge is 0.388 e. The van der Waals surface area contributed by atoms with Crippen LogP contribution in [-0.4, -0.2) is 38.0 Å². The smallest absolute Gasteiger partial charge is 0.260 e. The Bertz CT molecular complexity index is 1100. The van der Waals surface area contributed by atoms with Crippen molar-refractivity contribution >= 4 is 16.6 Å². The maximum atomic E-state index is 12.6. The molecule has 4 rings (SSSR count). The molecule has 1 atom stereocenters. The summed E-state index contributed by atoms with van der Waals surface area (Å²) in [5.41, 5.74) is 2.35. The standard InChI is InChI=1S/C22H23N3O3/c1-22(2,27)13-28-17-10-8-15(9-11-17)18-12-25(16-6-4-3-5-7-16)20-19(18)21(26)24-14-23-20/h3-10,12,14,17,27H,11,13H2,1-2H3,(H,23,24,26). The first-order valence-electron chi connectivity index (χ1n) is 9.29. The number of hydrogen-bond acceptors (Lipinski definition) is 4. The Balaban J connectivity index is 1.70. The lowest BCUT2D eigenvalue weighted by atomic mass is 9.98. The molecule has 1 unspecified atom stereocenters. The van der Waals surface area contributed by atoms with E-state index in [4.69, 9.17) is 4.74 Å². The molecular formula is C22H23N3O3. The van der Waals surface area contributed by atoms with Gasteiger partial charge >= 0.3 is 0 Å². The normalized spacial score (nSPS) is 17.1. The first-order valence-corrected chi connectivity index (χ1v) is 9.29. The zero-order valence-electron chi connectivity index (χ0n) is 15.9. The summed E-state index contributed by atoms with van der Waals surface area (Å²) in [6.45, 7) is 3.71. The van der Waals surface area contributed by atoms with Gasteiger partial charge in [0.15, 0.2) is 5.65 Å². The van der Waals surface area contributed by atoms with Gasteiger partial charge in [0.1, 0.15) is 0 Å². The molecule has 1 aliphatic carbocycles. The second kappa shape index (κ2) is 7.22. The number of ether oxygens (including phenoxy) is 1. The molecule has 3 aromatic rings. The number of aromatic nitrogens is 3. The second-order valence-electron chi connectivity index (χ2n) is 7.59. The third-order valence-electron chi connectivity index (χ3n) is 4.65. The van der Waals surface area contributed by atoms with Gasteiger partial charge in [-0.2, -0.15) is 0 Å². The monoisotopic (exact) mass is 377 g/mol. The number of hydrogen-bond donors (Lipinski definition) is 2. The molecule has 2 aromatic heterocycles. The van der Waals surface area contributed by atoms with Crippen molar-refractivity contribution in [1.82, 2.24) is 14.5 Å². The molecule has 0 amide bonds. The van der Waals surface area contributed by atoms with Crippen molar-refractivity contribution in [2.24, 2.45) is 0 Å². The fraction of sp³-hybridized carbons (Fsp3) is 0.273. The molecule has 0 radical (unpaired) electrons. The number of H-pyrrole nitrogens is 1. The zero-order chi connectivity index (χ0) is 19.7. The van der Waals surface area contributed by atoms with Crippen molar-refractivity contribution in [1.29, 1.82) is 0 Å². The van der Waals surface area contributed by atoms with E-state index in [1.807, 2.05) is 53.2 Å². The van der Waals surface area contributed by atoms with Gasteiger partial charge in [-0.3, -0.25) is 4.79 Å². The van der Waals surface area contributed by atoms with Crippen LogP contribution in [0, 0.1) is 0 Å². The number of aliphatic hydroxyl groups is 1. The highest BCUT2D eigenvalue weighted by Gasteiger charge is 2.20. The molecular weight excluding hydrogens is 354 g/mol. The Hall–Kier alpha value is -2.96. The van der Waals surface area contributed by atoms with Crippen LogP contribution in [0.25, 0.3) is 22.3 Å². The topological polar surface area (TPSA) is 80.1 Å². The number of fused-ring (bicyclic) bond motifs is 1. The van der Waals surface area contributed by atoms with Crippen molar-refractivity contribution in [2.75, 3.05) is 6.61 Å². The molecule has 0 saturated carbocycles. The predicted molar refractivity (Wildman–Crippen MR) is 109 cm³/mol. The number of benzene rings is 1. The van der Waals surface area contributed by atoms with E-state index < -0.39 is 5.60 Å². The third kappa shape index (κ3) is 3.69. The summed E-state index contributed by atoms with van der Waals surface area (Å²) in [6, 6.07) is 9.84. The molecule has 0 spiro atoms. The number of nitrogens with one attached hydrogen (secondary N) is 1. The Kier molecular flexibility index (Phi) is 4.75. The number of allylic oxidation sites excluding steroid dienone is 2. The molecule has 0 aliphatic heterocycles. The lowest BCUT2D eigenvalue weighted by molar-refractivity contribution is -0.0388. The van der Waals surface area contributed by atoms with Gasteiger partial charge in [-0.1, -0.05) is 36.4 Å². The molecule has 1 aromatic carbocycles. The fourth-order valence-electron chi connectivity index (χ4n) is 3.31. The first-order chi connectivity index (χ1) is 13.4. The Morgan fingerprint density at radius 1 is 1.32 bits per heavy atom. The maximum Gasteiger partial charge on any atom is 0.260 e. The lowest BCUT2D eigenvalue weighted by Gasteiger charge is -2.22. The number of aromatic amines is 1. The molecule has 0 saturated heterocycles. The first kappa shape index (κ1) is 18.4. The average Bonchev–Trinajstić information content (AvgIpc) is 3.08. The predicted octanol–water partition coefficient (Wildman–Crippen LogP) is 3.21. The number of nitrogens with zero attached hydrogens (tertiary/aromatic N) is 2. The van der Waals surface area contributed by atoms with Crippen LogP contribution in [0.2, 0.25) is 0 Å². The van der Waals surface area contributed by atoms with Gasteiger partial charge in [0, 0.05) is 17.4 Å². The molecule has 0 fully saturated rings. The van der Waals surface area contributed by atoms with Gasteiger partial charge in [-0.15, -0.1) is 0 Å². The minimum Gasteiger partial charge on any atom is -0.388 e. The van der Waals surface area contributed by atoms with E-state index in [0.717, 1.165) is 16.8 Å². The van der Waals surface area contributed by atoms with Gasteiger partial charge in [0.25, 0.3) is 5.56 Å². The Morgan fingerprint density at radius 3 is 2.79 bits per heavy atom. The minimum atomic E-state index is -0.861. The van der Waals surface area contributed by atoms with Crippen LogP contribution >= 0.6 is 0 Å². The van der Waals surface area contributed by atoms with Gasteiger partial charge in [0.2, 0.25) is 0 Å². The van der Waals surface area contributed by atoms with E-state index in [2.05, 4.69) is 16.0 Å². The van der Waals surface area contributed by atoms with E-state index in [1.165, 1.54) is 6.33 Å². The van der Waals surface area contributed by atoms with Gasteiger partial charge in [-0.05, 0) is 38.0 Å². The number of rotatable bonds is 5. The van der Waals surface area contributed by atoms with Crippen molar-refractivity contribution in [3.05, 3.63) is 77.0 Å². The van der Waals surface area contributed by atoms with E-state index in [9.17, 15) is 9.90 Å². The van der Waals surface area contributed by atoms with Gasteiger partial charge in [0.05, 0.1) is 30.0 Å². The molecule has 28 heavy (non-hydrogen) atoms. The fourth-order valence-corrected chi connectivity index (χ4v) is 3.31. The van der Waals surface area contributed by atoms with E-state index in [1.54, 1.807) is 13.8 Å². The van der Waals surface area contributed by atoms with Crippen LogP contribution in [0.3, 0.4) is 0 Å². The summed E-state index contributed by atoms with van der Waals surface area (Å²) in [5.74, 6) is 0. The highest BCUT2D eigenvalue weighted by molar-refractivity contribution is 5.94. The van der Waals surface area contributed by atoms with Crippen LogP contribution in [0.15, 0.2) is 65.9 Å². The van der Waals surface area contributed by atoms with Crippen molar-refractivity contribution < 1.29 is 9.84 Å². The minimum absolute atomic E-state index is 0.0888. The molecule has 144 valence electrons. The molecule has 6 heteroatoms. The van der Waals surface area contributed by atoms with Gasteiger partial charge < -0.3 is 19.4 Å². The lowest BCUT2D eigenvalue weighted by Crippen LogP contribution is -2.29. The van der Waals surface area contributed by atoms with Gasteiger partial charge in [-0.25, -0.2) is 4.98 Å². The summed E-state index contributed by atoms with van der Waals surface area (Å²) < 4.78 is 7.69. The third-order valence-corrected chi connectivity index (χ3v) is 4.65. The molecule has 1 aliphatic rings. The van der Waals surface area contributed by atoms with Crippen LogP contribution in [-0.2, 0) is 4.74 Å². The molecule has 2 heterocycles. The summed E-state index contributed by atoms with van der Waals surface area (Å²) >= 11 is 0. The highest BCUT2D eigenvalue weighted by atomic mass is 16.5. The second-order valence-corrected chi connectivity index (χ2v) is 7.59. The average molecular weight is 377 g/mol. The zero-order valence-corrected chi connectivity index (χ0v) is 15.9. The summed E-state index contributed by atoms with van der Waals surface area (Å²) in [7, 11) is 0. The van der Waals surface area contributed by atoms with Crippen molar-refractivity contribution in [2.45, 2.75) is 32.0 Å². The van der Waals surface area contributed by atoms with Crippen molar-refractivity contribution in [3.8, 4) is 5.69 Å². The maximum absolute atomic E-state index is 12.6. The van der Waals surface area contributed by atoms with Crippen LogP contribution in [0.4, 0.5) is 0 Å². The molecule has 6 nitrogen and oxygen atoms in total. The van der Waals surface area contributed by atoms with Crippen molar-refractivity contribution in [3.63, 3.8) is 0 Å². The Labute approximate surface area is 162 Å². The summed E-state index contributed by atoms with van der Waals surface area (Å²) in [4.78, 5) is 19.6. The van der Waals surface area contributed by atoms with E-state index >= 15 is 0 Å². The molecule has 2 N–H and O–H groups in total. The quantitative estimate of drug-likeness (QED) is 0.715. The SMILES string of the molecule is CC(C)(O)COC1C=CC(c2cn(-c3ccccc3)c3nc[nH]c(=O)c23)=CC1. The number of para-hydroxylation sites is 1. The Morgan fingerprint density at radius 2 is 2.11 bits per heavy atom. The van der Waals surface area contributed by atoms with Crippen LogP contribution in [0.1, 0.15) is 25.8 Å². The van der Waals surface area contributed by atoms with Crippen LogP contribution < -0.4 is 5.56 Å². The highest BCUT2D eigenvalue weighted by Crippen LogP contribution is 2.30.